The zero-order chi connectivity index (χ0) is 11.1. The van der Waals surface area contributed by atoms with Gasteiger partial charge in [0.1, 0.15) is 5.82 Å². The molecule has 2 aromatic carbocycles. The zero-order valence-electron chi connectivity index (χ0n) is 8.24. The molecule has 0 aliphatic carbocycles. The van der Waals surface area contributed by atoms with Gasteiger partial charge in [-0.3, -0.25) is 4.79 Å². The van der Waals surface area contributed by atoms with Crippen molar-refractivity contribution < 1.29 is 4.39 Å². The SMILES string of the molecule is O=c1c2ccccc2sc2cc(F)ccc12. The first-order valence-corrected chi connectivity index (χ1v) is 5.68. The Morgan fingerprint density at radius 2 is 1.69 bits per heavy atom. The summed E-state index contributed by atoms with van der Waals surface area (Å²) in [7, 11) is 0. The second-order valence-corrected chi connectivity index (χ2v) is 4.65. The van der Waals surface area contributed by atoms with E-state index in [0.29, 0.717) is 15.5 Å². The molecule has 3 aromatic rings. The van der Waals surface area contributed by atoms with Gasteiger partial charge >= 0.3 is 0 Å². The van der Waals surface area contributed by atoms with E-state index in [4.69, 9.17) is 0 Å². The minimum absolute atomic E-state index is 0.0237. The van der Waals surface area contributed by atoms with Crippen LogP contribution in [0.25, 0.3) is 20.2 Å². The molecule has 3 heteroatoms. The Balaban J connectivity index is 2.61. The van der Waals surface area contributed by atoms with E-state index in [-0.39, 0.29) is 11.2 Å². The Morgan fingerprint density at radius 3 is 2.56 bits per heavy atom. The highest BCUT2D eigenvalue weighted by molar-refractivity contribution is 7.24. The van der Waals surface area contributed by atoms with Crippen LogP contribution >= 0.6 is 11.3 Å². The molecule has 16 heavy (non-hydrogen) atoms. The van der Waals surface area contributed by atoms with Crippen molar-refractivity contribution in [1.82, 2.24) is 0 Å². The molecule has 0 radical (unpaired) electrons. The van der Waals surface area contributed by atoms with Gasteiger partial charge in [-0.2, -0.15) is 0 Å². The van der Waals surface area contributed by atoms with E-state index < -0.39 is 0 Å². The molecule has 0 saturated carbocycles. The fourth-order valence-corrected chi connectivity index (χ4v) is 2.87. The van der Waals surface area contributed by atoms with Gasteiger partial charge in [-0.1, -0.05) is 12.1 Å². The molecule has 0 unspecified atom stereocenters. The van der Waals surface area contributed by atoms with Gasteiger partial charge in [0.25, 0.3) is 0 Å². The summed E-state index contributed by atoms with van der Waals surface area (Å²) in [6, 6.07) is 11.7. The minimum Gasteiger partial charge on any atom is -0.289 e. The smallest absolute Gasteiger partial charge is 0.195 e. The highest BCUT2D eigenvalue weighted by Gasteiger charge is 2.05. The molecule has 78 valence electrons. The van der Waals surface area contributed by atoms with Crippen LogP contribution in [0.15, 0.2) is 47.3 Å². The number of fused-ring (bicyclic) bond motifs is 2. The summed E-state index contributed by atoms with van der Waals surface area (Å²) in [6.45, 7) is 0. The lowest BCUT2D eigenvalue weighted by molar-refractivity contribution is 0.630. The average molecular weight is 230 g/mol. The number of benzene rings is 2. The van der Waals surface area contributed by atoms with Crippen LogP contribution in [0.3, 0.4) is 0 Å². The third-order valence-electron chi connectivity index (χ3n) is 2.54. The molecule has 0 spiro atoms. The lowest BCUT2D eigenvalue weighted by Crippen LogP contribution is -2.00. The average Bonchev–Trinajstić information content (AvgIpc) is 2.29. The van der Waals surface area contributed by atoms with Crippen LogP contribution in [-0.2, 0) is 0 Å². The fraction of sp³-hybridized carbons (Fsp3) is 0. The summed E-state index contributed by atoms with van der Waals surface area (Å²) in [5.41, 5.74) is -0.0237. The Bertz CT molecular complexity index is 746. The molecule has 0 aliphatic rings. The fourth-order valence-electron chi connectivity index (χ4n) is 1.77. The predicted molar refractivity (Wildman–Crippen MR) is 65.6 cm³/mol. The topological polar surface area (TPSA) is 17.1 Å². The van der Waals surface area contributed by atoms with E-state index in [1.54, 1.807) is 12.1 Å². The van der Waals surface area contributed by atoms with Crippen LogP contribution in [0.1, 0.15) is 0 Å². The maximum Gasteiger partial charge on any atom is 0.195 e. The lowest BCUT2D eigenvalue weighted by atomic mass is 10.2. The maximum atomic E-state index is 13.1. The number of hydrogen-bond donors (Lipinski definition) is 0. The molecular formula is C13H7FOS. The molecule has 0 bridgehead atoms. The molecule has 1 heterocycles. The van der Waals surface area contributed by atoms with Crippen molar-refractivity contribution in [1.29, 1.82) is 0 Å². The predicted octanol–water partition coefficient (Wildman–Crippen LogP) is 3.55. The number of halogens is 1. The highest BCUT2D eigenvalue weighted by Crippen LogP contribution is 2.24. The maximum absolute atomic E-state index is 13.1. The van der Waals surface area contributed by atoms with Crippen molar-refractivity contribution in [2.24, 2.45) is 0 Å². The van der Waals surface area contributed by atoms with Crippen LogP contribution in [0.2, 0.25) is 0 Å². The molecule has 0 atom stereocenters. The van der Waals surface area contributed by atoms with Gasteiger partial charge in [-0.25, -0.2) is 4.39 Å². The van der Waals surface area contributed by atoms with Crippen LogP contribution < -0.4 is 5.43 Å². The molecule has 1 aromatic heterocycles. The van der Waals surface area contributed by atoms with Crippen molar-refractivity contribution in [2.45, 2.75) is 0 Å². The summed E-state index contributed by atoms with van der Waals surface area (Å²) < 4.78 is 14.7. The number of rotatable bonds is 0. The second kappa shape index (κ2) is 3.39. The Labute approximate surface area is 94.8 Å². The normalized spacial score (nSPS) is 11.1. The third kappa shape index (κ3) is 1.32. The van der Waals surface area contributed by atoms with Gasteiger partial charge in [0.2, 0.25) is 0 Å². The molecular weight excluding hydrogens is 223 g/mol. The Hall–Kier alpha value is -1.74. The summed E-state index contributed by atoms with van der Waals surface area (Å²) >= 11 is 1.44. The van der Waals surface area contributed by atoms with E-state index >= 15 is 0 Å². The molecule has 0 fully saturated rings. The van der Waals surface area contributed by atoms with Gasteiger partial charge in [-0.15, -0.1) is 11.3 Å². The summed E-state index contributed by atoms with van der Waals surface area (Å²) in [5, 5.41) is 1.29. The monoisotopic (exact) mass is 230 g/mol. The van der Waals surface area contributed by atoms with E-state index in [1.807, 2.05) is 18.2 Å². The molecule has 0 amide bonds. The van der Waals surface area contributed by atoms with Crippen LogP contribution in [0.5, 0.6) is 0 Å². The number of hydrogen-bond acceptors (Lipinski definition) is 2. The summed E-state index contributed by atoms with van der Waals surface area (Å²) in [5.74, 6) is -0.307. The summed E-state index contributed by atoms with van der Waals surface area (Å²) in [6.07, 6.45) is 0. The van der Waals surface area contributed by atoms with E-state index in [2.05, 4.69) is 0 Å². The molecule has 0 N–H and O–H groups in total. The van der Waals surface area contributed by atoms with Gasteiger partial charge in [0.15, 0.2) is 5.43 Å². The van der Waals surface area contributed by atoms with Crippen molar-refractivity contribution in [3.8, 4) is 0 Å². The first-order chi connectivity index (χ1) is 7.75. The van der Waals surface area contributed by atoms with Crippen molar-refractivity contribution in [3.05, 3.63) is 58.5 Å². The Morgan fingerprint density at radius 1 is 0.938 bits per heavy atom. The highest BCUT2D eigenvalue weighted by atomic mass is 32.1. The molecule has 3 rings (SSSR count). The zero-order valence-corrected chi connectivity index (χ0v) is 9.05. The van der Waals surface area contributed by atoms with Gasteiger partial charge in [0.05, 0.1) is 0 Å². The van der Waals surface area contributed by atoms with E-state index in [9.17, 15) is 9.18 Å². The van der Waals surface area contributed by atoms with Gasteiger partial charge in [0, 0.05) is 20.2 Å². The molecule has 1 nitrogen and oxygen atoms in total. The molecule has 0 saturated heterocycles. The first-order valence-electron chi connectivity index (χ1n) is 4.87. The largest absolute Gasteiger partial charge is 0.289 e. The Kier molecular flexibility index (Phi) is 2.01. The van der Waals surface area contributed by atoms with E-state index in [1.165, 1.54) is 23.5 Å². The second-order valence-electron chi connectivity index (χ2n) is 3.57. The van der Waals surface area contributed by atoms with Gasteiger partial charge < -0.3 is 0 Å². The van der Waals surface area contributed by atoms with Crippen LogP contribution in [-0.4, -0.2) is 0 Å². The molecule has 0 aliphatic heterocycles. The van der Waals surface area contributed by atoms with Crippen molar-refractivity contribution in [2.75, 3.05) is 0 Å². The third-order valence-corrected chi connectivity index (χ3v) is 3.67. The van der Waals surface area contributed by atoms with Crippen molar-refractivity contribution >= 4 is 31.5 Å². The quantitative estimate of drug-likeness (QED) is 0.540. The van der Waals surface area contributed by atoms with Crippen LogP contribution in [0.4, 0.5) is 4.39 Å². The minimum atomic E-state index is -0.307. The van der Waals surface area contributed by atoms with Crippen LogP contribution in [0, 0.1) is 5.82 Å². The van der Waals surface area contributed by atoms with Crippen molar-refractivity contribution in [3.63, 3.8) is 0 Å². The lowest BCUT2D eigenvalue weighted by Gasteiger charge is -2.00. The van der Waals surface area contributed by atoms with Gasteiger partial charge in [-0.05, 0) is 30.3 Å². The summed E-state index contributed by atoms with van der Waals surface area (Å²) in [4.78, 5) is 12.1. The first kappa shape index (κ1) is 9.48. The van der Waals surface area contributed by atoms with E-state index in [0.717, 1.165) is 4.70 Å². The standard InChI is InChI=1S/C13H7FOS/c14-8-5-6-10-12(7-8)16-11-4-2-1-3-9(11)13(10)15/h1-7H.